The maximum Gasteiger partial charge on any atom is 0.233 e. The lowest BCUT2D eigenvalue weighted by atomic mass is 9.89. The van der Waals surface area contributed by atoms with Crippen LogP contribution < -0.4 is 0 Å². The number of carbonyl (C=O) groups is 1. The highest BCUT2D eigenvalue weighted by molar-refractivity contribution is 7.92. The van der Waals surface area contributed by atoms with Crippen molar-refractivity contribution in [1.29, 1.82) is 0 Å². The normalized spacial score (nSPS) is 24.5. The van der Waals surface area contributed by atoms with Gasteiger partial charge in [-0.25, -0.2) is 17.8 Å². The number of fused-ring (bicyclic) bond motifs is 1. The second kappa shape index (κ2) is 7.11. The molecular formula is C24H24FN3O4S. The van der Waals surface area contributed by atoms with Crippen molar-refractivity contribution < 1.29 is 22.3 Å². The number of hydrogen-bond acceptors (Lipinski definition) is 5. The molecule has 172 valence electrons. The summed E-state index contributed by atoms with van der Waals surface area (Å²) >= 11 is 0. The molecule has 1 spiro atoms. The van der Waals surface area contributed by atoms with Gasteiger partial charge < -0.3 is 14.2 Å². The molecule has 0 unspecified atom stereocenters. The van der Waals surface area contributed by atoms with Crippen LogP contribution in [0.2, 0.25) is 0 Å². The van der Waals surface area contributed by atoms with E-state index in [-0.39, 0.29) is 43.7 Å². The highest BCUT2D eigenvalue weighted by Crippen LogP contribution is 2.51. The molecule has 1 aliphatic carbocycles. The lowest BCUT2D eigenvalue weighted by molar-refractivity contribution is -0.167. The monoisotopic (exact) mass is 469 g/mol. The Hall–Kier alpha value is -2.78. The summed E-state index contributed by atoms with van der Waals surface area (Å²) in [5.74, 6) is -0.443. The third kappa shape index (κ3) is 3.36. The van der Waals surface area contributed by atoms with E-state index in [1.54, 1.807) is 23.4 Å². The van der Waals surface area contributed by atoms with Gasteiger partial charge in [0.15, 0.2) is 9.84 Å². The summed E-state index contributed by atoms with van der Waals surface area (Å²) in [5.41, 5.74) is 1.10. The van der Waals surface area contributed by atoms with Gasteiger partial charge in [0.1, 0.15) is 16.7 Å². The summed E-state index contributed by atoms with van der Waals surface area (Å²) < 4.78 is 47.5. The van der Waals surface area contributed by atoms with E-state index >= 15 is 0 Å². The van der Waals surface area contributed by atoms with Gasteiger partial charge in [-0.05, 0) is 42.7 Å². The van der Waals surface area contributed by atoms with Crippen LogP contribution in [-0.4, -0.2) is 65.1 Å². The quantitative estimate of drug-likeness (QED) is 0.586. The van der Waals surface area contributed by atoms with Gasteiger partial charge in [0, 0.05) is 6.54 Å². The number of hydrogen-bond donors (Lipinski definition) is 0. The van der Waals surface area contributed by atoms with Crippen LogP contribution in [0.25, 0.3) is 11.0 Å². The number of nitrogens with zero attached hydrogens (tertiary/aromatic N) is 3. The number of carbonyl (C=O) groups excluding carboxylic acids is 1. The Morgan fingerprint density at radius 3 is 2.55 bits per heavy atom. The molecule has 33 heavy (non-hydrogen) atoms. The Bertz CT molecular complexity index is 1340. The molecule has 1 saturated carbocycles. The van der Waals surface area contributed by atoms with E-state index in [0.29, 0.717) is 0 Å². The molecular weight excluding hydrogens is 445 g/mol. The average Bonchev–Trinajstić information content (AvgIpc) is 3.49. The first kappa shape index (κ1) is 20.8. The van der Waals surface area contributed by atoms with Crippen LogP contribution in [0.15, 0.2) is 54.9 Å². The standard InChI is InChI=1S/C24H24FN3O4S/c25-18-7-5-17(6-8-18)24(9-10-24)22(29)28-13-23(14-28)15-33(30,31)19(12-32-23)11-27-16-26-20-3-1-2-4-21(20)27/h1-8,16,19H,9-15H2/t19-/m0/s1. The van der Waals surface area contributed by atoms with E-state index in [1.165, 1.54) is 12.1 Å². The molecule has 1 aromatic heterocycles. The van der Waals surface area contributed by atoms with Crippen molar-refractivity contribution in [3.63, 3.8) is 0 Å². The lowest BCUT2D eigenvalue weighted by Gasteiger charge is -2.53. The first-order chi connectivity index (χ1) is 15.8. The van der Waals surface area contributed by atoms with Gasteiger partial charge in [0.05, 0.1) is 48.2 Å². The fourth-order valence-electron chi connectivity index (χ4n) is 5.24. The topological polar surface area (TPSA) is 81.5 Å². The Labute approximate surface area is 191 Å². The van der Waals surface area contributed by atoms with Crippen molar-refractivity contribution >= 4 is 26.8 Å². The summed E-state index contributed by atoms with van der Waals surface area (Å²) in [4.78, 5) is 19.2. The van der Waals surface area contributed by atoms with Crippen molar-refractivity contribution in [2.45, 2.75) is 35.7 Å². The van der Waals surface area contributed by atoms with Gasteiger partial charge in [0.2, 0.25) is 5.91 Å². The van der Waals surface area contributed by atoms with E-state index in [2.05, 4.69) is 4.98 Å². The number of halogens is 1. The largest absolute Gasteiger partial charge is 0.369 e. The van der Waals surface area contributed by atoms with Crippen LogP contribution in [0.1, 0.15) is 18.4 Å². The average molecular weight is 470 g/mol. The summed E-state index contributed by atoms with van der Waals surface area (Å²) in [6.07, 6.45) is 3.11. The van der Waals surface area contributed by atoms with Crippen molar-refractivity contribution in [2.24, 2.45) is 0 Å². The van der Waals surface area contributed by atoms with Crippen molar-refractivity contribution in [3.05, 3.63) is 66.2 Å². The van der Waals surface area contributed by atoms with Gasteiger partial charge in [-0.1, -0.05) is 24.3 Å². The molecule has 1 amide bonds. The van der Waals surface area contributed by atoms with E-state index in [1.807, 2.05) is 28.8 Å². The van der Waals surface area contributed by atoms with Gasteiger partial charge in [0.25, 0.3) is 0 Å². The van der Waals surface area contributed by atoms with Crippen LogP contribution in [0, 0.1) is 5.82 Å². The molecule has 0 bridgehead atoms. The molecule has 3 heterocycles. The number of rotatable bonds is 4. The van der Waals surface area contributed by atoms with Crippen molar-refractivity contribution in [1.82, 2.24) is 14.5 Å². The molecule has 0 radical (unpaired) electrons. The minimum absolute atomic E-state index is 0.0206. The third-order valence-corrected chi connectivity index (χ3v) is 9.51. The summed E-state index contributed by atoms with van der Waals surface area (Å²) in [6.45, 7) is 0.929. The molecule has 2 aromatic carbocycles. The molecule has 1 atom stereocenters. The van der Waals surface area contributed by atoms with Gasteiger partial charge in [-0.2, -0.15) is 0 Å². The zero-order valence-corrected chi connectivity index (χ0v) is 18.8. The SMILES string of the molecule is O=C(N1CC2(C1)CS(=O)(=O)[C@@H](Cn1cnc3ccccc31)CO2)C1(c2ccc(F)cc2)CC1. The molecule has 3 aromatic rings. The van der Waals surface area contributed by atoms with Gasteiger partial charge in [-0.3, -0.25) is 4.79 Å². The summed E-state index contributed by atoms with van der Waals surface area (Å²) in [7, 11) is -3.42. The third-order valence-electron chi connectivity index (χ3n) is 7.28. The minimum Gasteiger partial charge on any atom is -0.369 e. The van der Waals surface area contributed by atoms with Crippen LogP contribution >= 0.6 is 0 Å². The summed E-state index contributed by atoms with van der Waals surface area (Å²) in [5, 5.41) is -0.653. The highest BCUT2D eigenvalue weighted by atomic mass is 32.2. The van der Waals surface area contributed by atoms with Crippen LogP contribution in [-0.2, 0) is 31.3 Å². The number of ether oxygens (including phenoxy) is 1. The van der Waals surface area contributed by atoms with E-state index in [9.17, 15) is 17.6 Å². The molecule has 2 saturated heterocycles. The zero-order chi connectivity index (χ0) is 22.8. The number of amides is 1. The second-order valence-electron chi connectivity index (χ2n) is 9.56. The maximum absolute atomic E-state index is 13.3. The Balaban J connectivity index is 1.13. The van der Waals surface area contributed by atoms with E-state index < -0.39 is 26.1 Å². The Morgan fingerprint density at radius 1 is 1.12 bits per heavy atom. The zero-order valence-electron chi connectivity index (χ0n) is 18.0. The minimum atomic E-state index is -3.42. The predicted octanol–water partition coefficient (Wildman–Crippen LogP) is 2.30. The highest BCUT2D eigenvalue weighted by Gasteiger charge is 2.60. The van der Waals surface area contributed by atoms with Gasteiger partial charge in [-0.15, -0.1) is 0 Å². The predicted molar refractivity (Wildman–Crippen MR) is 120 cm³/mol. The number of likely N-dealkylation sites (tertiary alicyclic amines) is 1. The second-order valence-corrected chi connectivity index (χ2v) is 11.8. The molecule has 6 rings (SSSR count). The Morgan fingerprint density at radius 2 is 1.85 bits per heavy atom. The molecule has 3 fully saturated rings. The molecule has 9 heteroatoms. The number of imidazole rings is 1. The first-order valence-corrected chi connectivity index (χ1v) is 12.8. The Kier molecular flexibility index (Phi) is 4.48. The van der Waals surface area contributed by atoms with Crippen LogP contribution in [0.3, 0.4) is 0 Å². The van der Waals surface area contributed by atoms with Gasteiger partial charge >= 0.3 is 0 Å². The number of sulfone groups is 1. The molecule has 0 N–H and O–H groups in total. The van der Waals surface area contributed by atoms with Crippen LogP contribution in [0.4, 0.5) is 4.39 Å². The fraction of sp³-hybridized carbons (Fsp3) is 0.417. The van der Waals surface area contributed by atoms with Crippen LogP contribution in [0.5, 0.6) is 0 Å². The fourth-order valence-corrected chi connectivity index (χ4v) is 7.14. The van der Waals surface area contributed by atoms with Crippen molar-refractivity contribution in [3.8, 4) is 0 Å². The lowest BCUT2D eigenvalue weighted by Crippen LogP contribution is -2.71. The van der Waals surface area contributed by atoms with E-state index in [0.717, 1.165) is 29.4 Å². The number of aromatic nitrogens is 2. The van der Waals surface area contributed by atoms with E-state index in [4.69, 9.17) is 4.74 Å². The maximum atomic E-state index is 13.3. The number of para-hydroxylation sites is 2. The molecule has 2 aliphatic heterocycles. The van der Waals surface area contributed by atoms with Crippen molar-refractivity contribution in [2.75, 3.05) is 25.4 Å². The molecule has 3 aliphatic rings. The summed E-state index contributed by atoms with van der Waals surface area (Å²) in [6, 6.07) is 13.7. The smallest absolute Gasteiger partial charge is 0.233 e. The molecule has 7 nitrogen and oxygen atoms in total. The number of benzene rings is 2. The first-order valence-electron chi connectivity index (χ1n) is 11.1.